The van der Waals surface area contributed by atoms with Gasteiger partial charge in [0.05, 0.1) is 22.3 Å². The molecule has 0 spiro atoms. The molecule has 2 aromatic heterocycles. The van der Waals surface area contributed by atoms with Crippen LogP contribution in [0.4, 0.5) is 0 Å². The number of para-hydroxylation sites is 2. The average Bonchev–Trinajstić information content (AvgIpc) is 2.91. The monoisotopic (exact) mass is 291 g/mol. The molecule has 108 valence electrons. The molecule has 2 heterocycles. The second kappa shape index (κ2) is 4.46. The summed E-state index contributed by atoms with van der Waals surface area (Å²) in [5.74, 6) is 0. The van der Waals surface area contributed by atoms with E-state index in [4.69, 9.17) is 0 Å². The number of fused-ring (bicyclic) bond motifs is 3. The summed E-state index contributed by atoms with van der Waals surface area (Å²) < 4.78 is 2.43. The molecular weight excluding hydrogens is 278 g/mol. The summed E-state index contributed by atoms with van der Waals surface area (Å²) in [6.45, 7) is 1.83. The van der Waals surface area contributed by atoms with Gasteiger partial charge in [-0.25, -0.2) is 4.68 Å². The smallest absolute Gasteiger partial charge is 0.294 e. The van der Waals surface area contributed by atoms with Gasteiger partial charge in [-0.15, -0.1) is 4.73 Å². The minimum Gasteiger partial charge on any atom is -0.425 e. The van der Waals surface area contributed by atoms with Crippen molar-refractivity contribution in [3.8, 4) is 5.69 Å². The first-order chi connectivity index (χ1) is 10.7. The molecule has 0 aliphatic carbocycles. The molecule has 0 aliphatic heterocycles. The lowest BCUT2D eigenvalue weighted by Crippen LogP contribution is -2.18. The molecule has 4 rings (SSSR count). The number of aromatic nitrogens is 3. The Morgan fingerprint density at radius 2 is 1.68 bits per heavy atom. The Morgan fingerprint density at radius 3 is 2.45 bits per heavy atom. The fraction of sp³-hybridized carbons (Fsp3) is 0.0588. The zero-order valence-electron chi connectivity index (χ0n) is 11.9. The maximum absolute atomic E-state index is 12.5. The van der Waals surface area contributed by atoms with Gasteiger partial charge in [-0.3, -0.25) is 4.79 Å². The van der Waals surface area contributed by atoms with Crippen LogP contribution in [0.1, 0.15) is 5.69 Å². The summed E-state index contributed by atoms with van der Waals surface area (Å²) in [4.78, 5) is 12.5. The highest BCUT2D eigenvalue weighted by Gasteiger charge is 2.17. The Balaban J connectivity index is 2.21. The minimum absolute atomic E-state index is 0.435. The van der Waals surface area contributed by atoms with Gasteiger partial charge in [-0.1, -0.05) is 36.4 Å². The molecule has 4 aromatic rings. The molecule has 0 aliphatic rings. The molecule has 5 heteroatoms. The van der Waals surface area contributed by atoms with Crippen LogP contribution in [-0.4, -0.2) is 19.7 Å². The molecule has 1 N–H and O–H groups in total. The number of pyridine rings is 1. The Kier molecular flexibility index (Phi) is 2.56. The molecule has 22 heavy (non-hydrogen) atoms. The van der Waals surface area contributed by atoms with Crippen molar-refractivity contribution in [2.24, 2.45) is 0 Å². The predicted molar refractivity (Wildman–Crippen MR) is 84.8 cm³/mol. The van der Waals surface area contributed by atoms with E-state index in [-0.39, 0.29) is 0 Å². The van der Waals surface area contributed by atoms with Crippen LogP contribution in [-0.2, 0) is 0 Å². The van der Waals surface area contributed by atoms with Crippen LogP contribution >= 0.6 is 0 Å². The van der Waals surface area contributed by atoms with E-state index in [1.807, 2.05) is 49.4 Å². The third-order valence-electron chi connectivity index (χ3n) is 3.91. The van der Waals surface area contributed by atoms with Crippen molar-refractivity contribution in [1.29, 1.82) is 0 Å². The minimum atomic E-state index is -0.451. The molecule has 0 radical (unpaired) electrons. The van der Waals surface area contributed by atoms with Crippen LogP contribution in [0.5, 0.6) is 0 Å². The van der Waals surface area contributed by atoms with Gasteiger partial charge >= 0.3 is 0 Å². The molecule has 2 aromatic carbocycles. The summed E-state index contributed by atoms with van der Waals surface area (Å²) in [6, 6.07) is 16.8. The Morgan fingerprint density at radius 1 is 1.00 bits per heavy atom. The first-order valence-corrected chi connectivity index (χ1v) is 6.96. The number of nitrogens with zero attached hydrogens (tertiary/aromatic N) is 3. The van der Waals surface area contributed by atoms with Crippen molar-refractivity contribution in [1.82, 2.24) is 14.5 Å². The largest absolute Gasteiger partial charge is 0.425 e. The highest BCUT2D eigenvalue weighted by molar-refractivity contribution is 6.04. The van der Waals surface area contributed by atoms with E-state index in [1.165, 1.54) is 0 Å². The van der Waals surface area contributed by atoms with E-state index < -0.39 is 5.56 Å². The topological polar surface area (TPSA) is 60.1 Å². The highest BCUT2D eigenvalue weighted by Crippen LogP contribution is 2.25. The van der Waals surface area contributed by atoms with E-state index in [1.54, 1.807) is 16.8 Å². The normalized spacial score (nSPS) is 11.3. The van der Waals surface area contributed by atoms with Crippen LogP contribution in [0.3, 0.4) is 0 Å². The number of hydrogen-bond donors (Lipinski definition) is 1. The van der Waals surface area contributed by atoms with Gasteiger partial charge in [0.25, 0.3) is 5.56 Å². The third-order valence-corrected chi connectivity index (χ3v) is 3.91. The van der Waals surface area contributed by atoms with Crippen molar-refractivity contribution in [2.45, 2.75) is 6.92 Å². The molecule has 0 atom stereocenters. The van der Waals surface area contributed by atoms with E-state index in [9.17, 15) is 10.0 Å². The lowest BCUT2D eigenvalue weighted by Gasteiger charge is -2.03. The second-order valence-corrected chi connectivity index (χ2v) is 5.19. The van der Waals surface area contributed by atoms with Crippen LogP contribution in [0.15, 0.2) is 59.4 Å². The van der Waals surface area contributed by atoms with E-state index in [0.29, 0.717) is 26.8 Å². The zero-order valence-corrected chi connectivity index (χ0v) is 11.9. The van der Waals surface area contributed by atoms with Gasteiger partial charge in [-0.05, 0) is 25.1 Å². The number of rotatable bonds is 1. The van der Waals surface area contributed by atoms with Crippen LogP contribution < -0.4 is 5.56 Å². The maximum atomic E-state index is 12.5. The van der Waals surface area contributed by atoms with E-state index in [0.717, 1.165) is 11.1 Å². The average molecular weight is 291 g/mol. The Bertz CT molecular complexity index is 1060. The molecule has 5 nitrogen and oxygen atoms in total. The van der Waals surface area contributed by atoms with Crippen LogP contribution in [0.25, 0.3) is 27.5 Å². The van der Waals surface area contributed by atoms with Crippen molar-refractivity contribution in [2.75, 3.05) is 0 Å². The van der Waals surface area contributed by atoms with E-state index in [2.05, 4.69) is 5.10 Å². The summed E-state index contributed by atoms with van der Waals surface area (Å²) in [7, 11) is 0. The number of hydrogen-bond acceptors (Lipinski definition) is 3. The fourth-order valence-electron chi connectivity index (χ4n) is 2.84. The third kappa shape index (κ3) is 1.59. The van der Waals surface area contributed by atoms with Crippen LogP contribution in [0.2, 0.25) is 0 Å². The fourth-order valence-corrected chi connectivity index (χ4v) is 2.84. The van der Waals surface area contributed by atoms with Crippen molar-refractivity contribution >= 4 is 21.8 Å². The molecular formula is C17H13N3O2. The summed E-state index contributed by atoms with van der Waals surface area (Å²) in [5, 5.41) is 15.9. The van der Waals surface area contributed by atoms with Gasteiger partial charge in [0.1, 0.15) is 5.52 Å². The summed E-state index contributed by atoms with van der Waals surface area (Å²) >= 11 is 0. The lowest BCUT2D eigenvalue weighted by atomic mass is 10.1. The molecule has 0 saturated carbocycles. The van der Waals surface area contributed by atoms with Crippen molar-refractivity contribution in [3.63, 3.8) is 0 Å². The second-order valence-electron chi connectivity index (χ2n) is 5.19. The van der Waals surface area contributed by atoms with Gasteiger partial charge in [0.15, 0.2) is 0 Å². The number of aryl methyl sites for hydroxylation is 1. The first kappa shape index (κ1) is 12.6. The number of benzene rings is 2. The first-order valence-electron chi connectivity index (χ1n) is 6.96. The van der Waals surface area contributed by atoms with Gasteiger partial charge in [0, 0.05) is 5.39 Å². The quantitative estimate of drug-likeness (QED) is 0.549. The Labute approximate surface area is 125 Å². The molecule has 0 bridgehead atoms. The Hall–Kier alpha value is -3.08. The standard InChI is InChI=1S/C17H13N3O2/c1-11-15-16(18-19(11)12-7-3-2-4-8-12)13-9-5-6-10-14(13)20(22)17(15)21/h2-10,22H,1H3. The zero-order chi connectivity index (χ0) is 15.3. The van der Waals surface area contributed by atoms with E-state index >= 15 is 0 Å². The van der Waals surface area contributed by atoms with Crippen molar-refractivity contribution < 1.29 is 5.21 Å². The predicted octanol–water partition coefficient (Wildman–Crippen LogP) is 2.89. The van der Waals surface area contributed by atoms with Gasteiger partial charge < -0.3 is 5.21 Å². The lowest BCUT2D eigenvalue weighted by molar-refractivity contribution is 0.190. The van der Waals surface area contributed by atoms with Crippen molar-refractivity contribution in [3.05, 3.63) is 70.6 Å². The molecule has 0 fully saturated rings. The van der Waals surface area contributed by atoms with Gasteiger partial charge in [-0.2, -0.15) is 5.10 Å². The molecule has 0 unspecified atom stereocenters. The summed E-state index contributed by atoms with van der Waals surface area (Å²) in [6.07, 6.45) is 0. The summed E-state index contributed by atoms with van der Waals surface area (Å²) in [5.41, 5.74) is 2.20. The maximum Gasteiger partial charge on any atom is 0.294 e. The molecule has 0 amide bonds. The molecule has 0 saturated heterocycles. The van der Waals surface area contributed by atoms with Crippen LogP contribution in [0, 0.1) is 6.92 Å². The highest BCUT2D eigenvalue weighted by atomic mass is 16.5. The van der Waals surface area contributed by atoms with Gasteiger partial charge in [0.2, 0.25) is 0 Å². The SMILES string of the molecule is Cc1c2c(=O)n(O)c3ccccc3c2nn1-c1ccccc1.